The van der Waals surface area contributed by atoms with Gasteiger partial charge in [0.25, 0.3) is 0 Å². The smallest absolute Gasteiger partial charge is 0.339 e. The van der Waals surface area contributed by atoms with E-state index in [1.165, 1.54) is 0 Å². The van der Waals surface area contributed by atoms with Gasteiger partial charge in [0.1, 0.15) is 11.3 Å². The minimum absolute atomic E-state index is 0.0629. The summed E-state index contributed by atoms with van der Waals surface area (Å²) in [6.45, 7) is 4.27. The molecule has 2 heterocycles. The first-order chi connectivity index (χ1) is 12.8. The highest BCUT2D eigenvalue weighted by Gasteiger charge is 2.24. The van der Waals surface area contributed by atoms with Crippen LogP contribution in [-0.4, -0.2) is 35.0 Å². The number of amides is 1. The molecule has 1 saturated heterocycles. The van der Waals surface area contributed by atoms with E-state index in [9.17, 15) is 24.6 Å². The zero-order valence-electron chi connectivity index (χ0n) is 15.4. The first kappa shape index (κ1) is 18.9. The summed E-state index contributed by atoms with van der Waals surface area (Å²) >= 11 is 0. The Kier molecular flexibility index (Phi) is 5.21. The fraction of sp³-hybridized carbons (Fsp3) is 0.450. The molecule has 0 aliphatic carbocycles. The normalized spacial score (nSPS) is 15.3. The Hall–Kier alpha value is -2.83. The Morgan fingerprint density at radius 2 is 1.89 bits per heavy atom. The number of hydrogen-bond acceptors (Lipinski definition) is 6. The number of piperidine rings is 1. The summed E-state index contributed by atoms with van der Waals surface area (Å²) < 4.78 is 5.39. The van der Waals surface area contributed by atoms with Crippen molar-refractivity contribution in [1.82, 2.24) is 4.90 Å². The van der Waals surface area contributed by atoms with E-state index >= 15 is 0 Å². The predicted octanol–water partition coefficient (Wildman–Crippen LogP) is 1.04. The molecule has 1 aromatic carbocycles. The Labute approximate surface area is 156 Å². The fourth-order valence-electron chi connectivity index (χ4n) is 3.62. The molecule has 7 heteroatoms. The Morgan fingerprint density at radius 3 is 2.52 bits per heavy atom. The van der Waals surface area contributed by atoms with Crippen LogP contribution in [-0.2, 0) is 16.0 Å². The number of aliphatic carboxylic acids is 1. The number of carboxylic acid groups (broad SMARTS) is 1. The number of nitrogens with zero attached hydrogens (tertiary/aromatic N) is 1. The van der Waals surface area contributed by atoms with Crippen LogP contribution in [0.25, 0.3) is 11.0 Å². The van der Waals surface area contributed by atoms with E-state index in [2.05, 4.69) is 0 Å². The van der Waals surface area contributed by atoms with Gasteiger partial charge in [0.15, 0.2) is 0 Å². The van der Waals surface area contributed by atoms with Gasteiger partial charge in [0.05, 0.1) is 0 Å². The van der Waals surface area contributed by atoms with Gasteiger partial charge in [0, 0.05) is 47.9 Å². The van der Waals surface area contributed by atoms with Crippen LogP contribution in [0.15, 0.2) is 21.3 Å². The molecule has 1 amide bonds. The highest BCUT2D eigenvalue weighted by Crippen LogP contribution is 2.28. The van der Waals surface area contributed by atoms with Gasteiger partial charge >= 0.3 is 5.63 Å². The van der Waals surface area contributed by atoms with Crippen molar-refractivity contribution in [1.29, 1.82) is 0 Å². The second-order valence-electron chi connectivity index (χ2n) is 7.05. The van der Waals surface area contributed by atoms with Crippen molar-refractivity contribution in [3.63, 3.8) is 0 Å². The first-order valence-electron chi connectivity index (χ1n) is 9.03. The van der Waals surface area contributed by atoms with E-state index < -0.39 is 17.5 Å². The number of carbonyl (C=O) groups is 2. The average molecular weight is 372 g/mol. The number of fused-ring (bicyclic) bond motifs is 1. The number of likely N-dealkylation sites (tertiary alicyclic amines) is 1. The van der Waals surface area contributed by atoms with Gasteiger partial charge in [-0.15, -0.1) is 0 Å². The third-order valence-electron chi connectivity index (χ3n) is 5.44. The summed E-state index contributed by atoms with van der Waals surface area (Å²) in [5.74, 6) is -1.60. The van der Waals surface area contributed by atoms with E-state index in [1.54, 1.807) is 30.9 Å². The molecule has 0 unspecified atom stereocenters. The van der Waals surface area contributed by atoms with Gasteiger partial charge in [-0.05, 0) is 50.8 Å². The van der Waals surface area contributed by atoms with Crippen molar-refractivity contribution in [2.75, 3.05) is 13.1 Å². The number of rotatable bonds is 4. The first-order valence-corrected chi connectivity index (χ1v) is 9.03. The zero-order chi connectivity index (χ0) is 19.7. The number of benzene rings is 1. The largest absolute Gasteiger partial charge is 0.550 e. The lowest BCUT2D eigenvalue weighted by Crippen LogP contribution is -2.43. The molecular weight excluding hydrogens is 350 g/mol. The molecule has 7 nitrogen and oxygen atoms in total. The van der Waals surface area contributed by atoms with Crippen LogP contribution < -0.4 is 10.7 Å². The lowest BCUT2D eigenvalue weighted by molar-refractivity contribution is -0.312. The molecule has 1 fully saturated rings. The molecule has 1 aromatic heterocycles. The van der Waals surface area contributed by atoms with Crippen LogP contribution in [0.1, 0.15) is 36.0 Å². The molecule has 144 valence electrons. The topological polar surface area (TPSA) is 111 Å². The SMILES string of the molecule is Cc1c(CCC(=O)N2CCC(C(=O)[O-])CC2)c(=O)oc2c(C)c(O)ccc12. The third-order valence-corrected chi connectivity index (χ3v) is 5.44. The van der Waals surface area contributed by atoms with E-state index in [0.717, 1.165) is 10.9 Å². The van der Waals surface area contributed by atoms with Crippen molar-refractivity contribution < 1.29 is 24.2 Å². The molecule has 1 N–H and O–H groups in total. The van der Waals surface area contributed by atoms with Crippen LogP contribution in [0.5, 0.6) is 5.75 Å². The van der Waals surface area contributed by atoms with Crippen molar-refractivity contribution >= 4 is 22.8 Å². The Balaban J connectivity index is 1.74. The zero-order valence-corrected chi connectivity index (χ0v) is 15.4. The summed E-state index contributed by atoms with van der Waals surface area (Å²) in [5, 5.41) is 21.4. The number of carboxylic acids is 1. The highest BCUT2D eigenvalue weighted by atomic mass is 16.4. The van der Waals surface area contributed by atoms with Gasteiger partial charge < -0.3 is 24.3 Å². The van der Waals surface area contributed by atoms with Crippen molar-refractivity contribution in [3.05, 3.63) is 39.2 Å². The van der Waals surface area contributed by atoms with Crippen LogP contribution >= 0.6 is 0 Å². The van der Waals surface area contributed by atoms with Crippen LogP contribution in [0, 0.1) is 19.8 Å². The van der Waals surface area contributed by atoms with Crippen molar-refractivity contribution in [3.8, 4) is 5.75 Å². The monoisotopic (exact) mass is 372 g/mol. The second kappa shape index (κ2) is 7.42. The average Bonchev–Trinajstić information content (AvgIpc) is 2.64. The van der Waals surface area contributed by atoms with E-state index in [1.807, 2.05) is 0 Å². The number of aromatic hydroxyl groups is 1. The summed E-state index contributed by atoms with van der Waals surface area (Å²) in [6, 6.07) is 3.26. The summed E-state index contributed by atoms with van der Waals surface area (Å²) in [5.41, 5.74) is 1.55. The molecule has 27 heavy (non-hydrogen) atoms. The maximum absolute atomic E-state index is 12.4. The third kappa shape index (κ3) is 3.67. The maximum atomic E-state index is 12.4. The van der Waals surface area contributed by atoms with Gasteiger partial charge in [0.2, 0.25) is 5.91 Å². The predicted molar refractivity (Wildman–Crippen MR) is 96.3 cm³/mol. The molecule has 3 rings (SSSR count). The van der Waals surface area contributed by atoms with Gasteiger partial charge in [-0.2, -0.15) is 0 Å². The number of phenolic OH excluding ortho intramolecular Hbond substituents is 1. The minimum Gasteiger partial charge on any atom is -0.550 e. The van der Waals surface area contributed by atoms with Crippen molar-refractivity contribution in [2.45, 2.75) is 39.5 Å². The van der Waals surface area contributed by atoms with Crippen molar-refractivity contribution in [2.24, 2.45) is 5.92 Å². The number of hydrogen-bond donors (Lipinski definition) is 1. The molecule has 0 atom stereocenters. The van der Waals surface area contributed by atoms with E-state index in [4.69, 9.17) is 4.42 Å². The number of carbonyl (C=O) groups excluding carboxylic acids is 2. The molecule has 0 radical (unpaired) electrons. The van der Waals surface area contributed by atoms with Gasteiger partial charge in [-0.25, -0.2) is 4.79 Å². The molecule has 0 spiro atoms. The summed E-state index contributed by atoms with van der Waals surface area (Å²) in [7, 11) is 0. The lowest BCUT2D eigenvalue weighted by Gasteiger charge is -2.32. The summed E-state index contributed by atoms with van der Waals surface area (Å²) in [4.78, 5) is 37.3. The maximum Gasteiger partial charge on any atom is 0.339 e. The quantitative estimate of drug-likeness (QED) is 0.803. The Bertz CT molecular complexity index is 953. The molecular formula is C20H22NO6-. The lowest BCUT2D eigenvalue weighted by atomic mass is 9.96. The second-order valence-corrected chi connectivity index (χ2v) is 7.05. The van der Waals surface area contributed by atoms with E-state index in [0.29, 0.717) is 42.6 Å². The molecule has 1 aliphatic rings. The molecule has 1 aliphatic heterocycles. The standard InChI is InChI=1S/C20H23NO6/c1-11-14-3-5-16(22)12(2)18(14)27-20(26)15(11)4-6-17(23)21-9-7-13(8-10-21)19(24)25/h3,5,13,22H,4,6-10H2,1-2H3,(H,24,25)/p-1. The number of phenols is 1. The van der Waals surface area contributed by atoms with E-state index in [-0.39, 0.29) is 24.5 Å². The minimum atomic E-state index is -1.06. The molecule has 0 saturated carbocycles. The number of aryl methyl sites for hydroxylation is 2. The molecule has 0 bridgehead atoms. The van der Waals surface area contributed by atoms with Crippen LogP contribution in [0.3, 0.4) is 0 Å². The van der Waals surface area contributed by atoms with Crippen LogP contribution in [0.4, 0.5) is 0 Å². The van der Waals surface area contributed by atoms with Gasteiger partial charge in [-0.3, -0.25) is 4.79 Å². The Morgan fingerprint density at radius 1 is 1.22 bits per heavy atom. The van der Waals surface area contributed by atoms with Crippen LogP contribution in [0.2, 0.25) is 0 Å². The highest BCUT2D eigenvalue weighted by molar-refractivity contribution is 5.85. The summed E-state index contributed by atoms with van der Waals surface area (Å²) in [6.07, 6.45) is 1.20. The molecule has 2 aromatic rings. The van der Waals surface area contributed by atoms with Gasteiger partial charge in [-0.1, -0.05) is 0 Å². The fourth-order valence-corrected chi connectivity index (χ4v) is 3.62.